The molecule has 1 aliphatic heterocycles. The summed E-state index contributed by atoms with van der Waals surface area (Å²) in [5, 5.41) is 0. The second-order valence-electron chi connectivity index (χ2n) is 3.54. The molecule has 1 aliphatic rings. The largest absolute Gasteiger partial charge is 0.308 e. The van der Waals surface area contributed by atoms with E-state index in [0.29, 0.717) is 18.9 Å². The van der Waals surface area contributed by atoms with Crippen molar-refractivity contribution in [2.45, 2.75) is 4.90 Å². The standard InChI is InChI=1S/C9H14N4O2S2/c10-12-9-2-1-8(7-11-9)17(14,15)13-3-5-16-6-4-13/h1-2,7H,3-6,10H2,(H,11,12). The Morgan fingerprint density at radius 2 is 2.06 bits per heavy atom. The molecule has 0 atom stereocenters. The van der Waals surface area contributed by atoms with Gasteiger partial charge in [0.15, 0.2) is 0 Å². The van der Waals surface area contributed by atoms with Gasteiger partial charge in [-0.15, -0.1) is 0 Å². The van der Waals surface area contributed by atoms with Gasteiger partial charge >= 0.3 is 0 Å². The third-order valence-electron chi connectivity index (χ3n) is 2.49. The maximum absolute atomic E-state index is 12.2. The number of thioether (sulfide) groups is 1. The molecule has 0 bridgehead atoms. The quantitative estimate of drug-likeness (QED) is 0.600. The molecule has 0 spiro atoms. The first-order chi connectivity index (χ1) is 8.14. The summed E-state index contributed by atoms with van der Waals surface area (Å²) >= 11 is 1.77. The molecule has 0 saturated carbocycles. The molecule has 17 heavy (non-hydrogen) atoms. The SMILES string of the molecule is NNc1ccc(S(=O)(=O)N2CCSCC2)cn1. The van der Waals surface area contributed by atoms with Crippen molar-refractivity contribution in [3.63, 3.8) is 0 Å². The Morgan fingerprint density at radius 3 is 2.59 bits per heavy atom. The molecule has 2 rings (SSSR count). The summed E-state index contributed by atoms with van der Waals surface area (Å²) in [6.45, 7) is 1.12. The number of hydrogen-bond donors (Lipinski definition) is 2. The van der Waals surface area contributed by atoms with E-state index in [9.17, 15) is 8.42 Å². The van der Waals surface area contributed by atoms with E-state index in [1.54, 1.807) is 17.8 Å². The van der Waals surface area contributed by atoms with Crippen molar-refractivity contribution in [1.82, 2.24) is 9.29 Å². The summed E-state index contributed by atoms with van der Waals surface area (Å²) in [6, 6.07) is 3.06. The zero-order valence-corrected chi connectivity index (χ0v) is 10.8. The molecule has 0 amide bonds. The molecule has 1 aromatic rings. The van der Waals surface area contributed by atoms with Crippen LogP contribution in [0.5, 0.6) is 0 Å². The van der Waals surface area contributed by atoms with E-state index in [1.165, 1.54) is 16.6 Å². The van der Waals surface area contributed by atoms with Crippen LogP contribution >= 0.6 is 11.8 Å². The van der Waals surface area contributed by atoms with Crippen molar-refractivity contribution < 1.29 is 8.42 Å². The van der Waals surface area contributed by atoms with E-state index >= 15 is 0 Å². The van der Waals surface area contributed by atoms with Gasteiger partial charge < -0.3 is 5.43 Å². The predicted octanol–water partition coefficient (Wildman–Crippen LogP) is 0.105. The van der Waals surface area contributed by atoms with E-state index in [0.717, 1.165) is 11.5 Å². The minimum atomic E-state index is -3.40. The highest BCUT2D eigenvalue weighted by atomic mass is 32.2. The number of pyridine rings is 1. The fraction of sp³-hybridized carbons (Fsp3) is 0.444. The molecule has 0 aliphatic carbocycles. The first-order valence-corrected chi connectivity index (χ1v) is 7.74. The number of hydrogen-bond acceptors (Lipinski definition) is 6. The van der Waals surface area contributed by atoms with Crippen LogP contribution in [0.3, 0.4) is 0 Å². The highest BCUT2D eigenvalue weighted by Crippen LogP contribution is 2.20. The van der Waals surface area contributed by atoms with Crippen LogP contribution in [0.1, 0.15) is 0 Å². The fourth-order valence-electron chi connectivity index (χ4n) is 1.55. The minimum absolute atomic E-state index is 0.211. The molecule has 1 saturated heterocycles. The summed E-state index contributed by atoms with van der Waals surface area (Å²) < 4.78 is 25.9. The number of rotatable bonds is 3. The Kier molecular flexibility index (Phi) is 3.87. The Morgan fingerprint density at radius 1 is 1.35 bits per heavy atom. The highest BCUT2D eigenvalue weighted by Gasteiger charge is 2.26. The number of nitrogens with one attached hydrogen (secondary N) is 1. The first-order valence-electron chi connectivity index (χ1n) is 5.15. The molecule has 3 N–H and O–H groups in total. The second-order valence-corrected chi connectivity index (χ2v) is 6.70. The van der Waals surface area contributed by atoms with Crippen LogP contribution in [0.25, 0.3) is 0 Å². The van der Waals surface area contributed by atoms with Gasteiger partial charge in [-0.3, -0.25) is 0 Å². The Labute approximate surface area is 105 Å². The molecule has 8 heteroatoms. The van der Waals surface area contributed by atoms with Gasteiger partial charge in [-0.1, -0.05) is 0 Å². The molecule has 94 valence electrons. The first kappa shape index (κ1) is 12.6. The number of nitrogens with zero attached hydrogens (tertiary/aromatic N) is 2. The van der Waals surface area contributed by atoms with E-state index in [2.05, 4.69) is 10.4 Å². The van der Waals surface area contributed by atoms with Crippen LogP contribution in [0.15, 0.2) is 23.2 Å². The highest BCUT2D eigenvalue weighted by molar-refractivity contribution is 7.99. The Balaban J connectivity index is 2.23. The van der Waals surface area contributed by atoms with Crippen molar-refractivity contribution in [3.8, 4) is 0 Å². The van der Waals surface area contributed by atoms with Gasteiger partial charge in [0.2, 0.25) is 10.0 Å². The third-order valence-corrected chi connectivity index (χ3v) is 5.32. The van der Waals surface area contributed by atoms with Gasteiger partial charge in [0.1, 0.15) is 10.7 Å². The average molecular weight is 274 g/mol. The van der Waals surface area contributed by atoms with Crippen LogP contribution in [-0.2, 0) is 10.0 Å². The van der Waals surface area contributed by atoms with E-state index in [1.807, 2.05) is 0 Å². The van der Waals surface area contributed by atoms with Gasteiger partial charge in [0.05, 0.1) is 0 Å². The number of anilines is 1. The maximum Gasteiger partial charge on any atom is 0.244 e. The summed E-state index contributed by atoms with van der Waals surface area (Å²) in [7, 11) is -3.40. The number of sulfonamides is 1. The van der Waals surface area contributed by atoms with Crippen LogP contribution < -0.4 is 11.3 Å². The summed E-state index contributed by atoms with van der Waals surface area (Å²) in [6.07, 6.45) is 1.33. The van der Waals surface area contributed by atoms with Crippen LogP contribution in [-0.4, -0.2) is 42.3 Å². The van der Waals surface area contributed by atoms with Crippen LogP contribution in [0, 0.1) is 0 Å². The zero-order valence-electron chi connectivity index (χ0n) is 9.17. The van der Waals surface area contributed by atoms with Gasteiger partial charge in [-0.25, -0.2) is 19.2 Å². The van der Waals surface area contributed by atoms with Crippen LogP contribution in [0.2, 0.25) is 0 Å². The van der Waals surface area contributed by atoms with E-state index in [4.69, 9.17) is 5.84 Å². The normalized spacial score (nSPS) is 17.9. The molecule has 1 aromatic heterocycles. The minimum Gasteiger partial charge on any atom is -0.308 e. The van der Waals surface area contributed by atoms with Crippen molar-refractivity contribution in [2.24, 2.45) is 5.84 Å². The fourth-order valence-corrected chi connectivity index (χ4v) is 4.08. The molecule has 0 radical (unpaired) electrons. The van der Waals surface area contributed by atoms with Gasteiger partial charge in [0.25, 0.3) is 0 Å². The van der Waals surface area contributed by atoms with Crippen LogP contribution in [0.4, 0.5) is 5.82 Å². The molecule has 0 unspecified atom stereocenters. The van der Waals surface area contributed by atoms with Crippen molar-refractivity contribution >= 4 is 27.6 Å². The smallest absolute Gasteiger partial charge is 0.244 e. The number of hydrazine groups is 1. The van der Waals surface area contributed by atoms with Gasteiger partial charge in [0, 0.05) is 30.8 Å². The molecule has 6 nitrogen and oxygen atoms in total. The van der Waals surface area contributed by atoms with Crippen molar-refractivity contribution in [1.29, 1.82) is 0 Å². The molecule has 1 fully saturated rings. The average Bonchev–Trinajstić information content (AvgIpc) is 2.40. The number of nitrogen functional groups attached to an aromatic ring is 1. The van der Waals surface area contributed by atoms with Gasteiger partial charge in [-0.2, -0.15) is 16.1 Å². The topological polar surface area (TPSA) is 88.3 Å². The van der Waals surface area contributed by atoms with Crippen molar-refractivity contribution in [3.05, 3.63) is 18.3 Å². The molecule has 2 heterocycles. The van der Waals surface area contributed by atoms with Crippen molar-refractivity contribution in [2.75, 3.05) is 30.0 Å². The maximum atomic E-state index is 12.2. The Bertz CT molecular complexity index is 468. The molecular formula is C9H14N4O2S2. The second kappa shape index (κ2) is 5.21. The Hall–Kier alpha value is -0.830. The molecular weight excluding hydrogens is 260 g/mol. The lowest BCUT2D eigenvalue weighted by molar-refractivity contribution is 0.443. The lowest BCUT2D eigenvalue weighted by atomic mass is 10.5. The summed E-state index contributed by atoms with van der Waals surface area (Å²) in [5.41, 5.74) is 2.36. The summed E-state index contributed by atoms with van der Waals surface area (Å²) in [4.78, 5) is 4.12. The predicted molar refractivity (Wildman–Crippen MR) is 68.1 cm³/mol. The summed E-state index contributed by atoms with van der Waals surface area (Å²) in [5.74, 6) is 7.30. The molecule has 0 aromatic carbocycles. The monoisotopic (exact) mass is 274 g/mol. The number of nitrogens with two attached hydrogens (primary N) is 1. The lowest BCUT2D eigenvalue weighted by Crippen LogP contribution is -2.37. The number of aromatic nitrogens is 1. The van der Waals surface area contributed by atoms with E-state index in [-0.39, 0.29) is 4.90 Å². The lowest BCUT2D eigenvalue weighted by Gasteiger charge is -2.25. The van der Waals surface area contributed by atoms with E-state index < -0.39 is 10.0 Å². The zero-order chi connectivity index (χ0) is 12.3. The third kappa shape index (κ3) is 2.71. The van der Waals surface area contributed by atoms with Gasteiger partial charge in [-0.05, 0) is 12.1 Å².